The first-order valence-corrected chi connectivity index (χ1v) is 9.87. The van der Waals surface area contributed by atoms with Gasteiger partial charge in [-0.2, -0.15) is 0 Å². The minimum Gasteiger partial charge on any atom is -0.494 e. The molecule has 2 aliphatic rings. The summed E-state index contributed by atoms with van der Waals surface area (Å²) >= 11 is 0. The molecule has 3 amide bonds. The van der Waals surface area contributed by atoms with Gasteiger partial charge in [0.2, 0.25) is 5.91 Å². The maximum absolute atomic E-state index is 12.3. The van der Waals surface area contributed by atoms with Gasteiger partial charge in [0.25, 0.3) is 0 Å². The van der Waals surface area contributed by atoms with Gasteiger partial charge >= 0.3 is 6.03 Å². The Morgan fingerprint density at radius 1 is 1.14 bits per heavy atom. The molecule has 6 nitrogen and oxygen atoms in total. The van der Waals surface area contributed by atoms with Gasteiger partial charge in [0, 0.05) is 36.8 Å². The van der Waals surface area contributed by atoms with Gasteiger partial charge in [-0.05, 0) is 41.8 Å². The highest BCUT2D eigenvalue weighted by Crippen LogP contribution is 2.39. The molecule has 1 atom stereocenters. The molecule has 0 bridgehead atoms. The lowest BCUT2D eigenvalue weighted by molar-refractivity contribution is -0.116. The first-order valence-electron chi connectivity index (χ1n) is 9.87. The van der Waals surface area contributed by atoms with Gasteiger partial charge in [-0.25, -0.2) is 4.79 Å². The largest absolute Gasteiger partial charge is 0.494 e. The van der Waals surface area contributed by atoms with Crippen LogP contribution in [0.3, 0.4) is 0 Å². The lowest BCUT2D eigenvalue weighted by atomic mass is 9.84. The van der Waals surface area contributed by atoms with Gasteiger partial charge in [-0.3, -0.25) is 9.69 Å². The maximum atomic E-state index is 12.3. The van der Waals surface area contributed by atoms with Crippen molar-refractivity contribution in [2.75, 3.05) is 29.9 Å². The lowest BCUT2D eigenvalue weighted by Gasteiger charge is -2.27. The molecule has 0 spiro atoms. The Kier molecular flexibility index (Phi) is 5.19. The van der Waals surface area contributed by atoms with Crippen LogP contribution in [0.15, 0.2) is 42.5 Å². The normalized spacial score (nSPS) is 18.5. The Morgan fingerprint density at radius 2 is 1.96 bits per heavy atom. The first-order chi connectivity index (χ1) is 13.7. The Hall–Kier alpha value is -3.02. The second-order valence-electron chi connectivity index (χ2n) is 7.23. The zero-order valence-electron chi connectivity index (χ0n) is 16.0. The minimum atomic E-state index is -0.0997. The summed E-state index contributed by atoms with van der Waals surface area (Å²) in [4.78, 5) is 25.9. The average Bonchev–Trinajstić information content (AvgIpc) is 3.13. The summed E-state index contributed by atoms with van der Waals surface area (Å²) in [6.07, 6.45) is 2.55. The van der Waals surface area contributed by atoms with Crippen LogP contribution in [0.25, 0.3) is 0 Å². The molecule has 4 rings (SSSR count). The van der Waals surface area contributed by atoms with Crippen molar-refractivity contribution in [2.45, 2.75) is 32.1 Å². The molecule has 1 fully saturated rings. The van der Waals surface area contributed by atoms with E-state index in [-0.39, 0.29) is 17.9 Å². The summed E-state index contributed by atoms with van der Waals surface area (Å²) < 4.78 is 5.74. The van der Waals surface area contributed by atoms with E-state index in [0.717, 1.165) is 47.7 Å². The number of carbonyl (C=O) groups is 2. The van der Waals surface area contributed by atoms with Gasteiger partial charge < -0.3 is 15.4 Å². The number of benzene rings is 2. The third-order valence-electron chi connectivity index (χ3n) is 5.29. The highest BCUT2D eigenvalue weighted by atomic mass is 16.5. The molecule has 28 heavy (non-hydrogen) atoms. The number of rotatable bonds is 6. The molecule has 2 N–H and O–H groups in total. The molecule has 0 saturated carbocycles. The van der Waals surface area contributed by atoms with E-state index in [9.17, 15) is 9.59 Å². The molecule has 0 aliphatic carbocycles. The summed E-state index contributed by atoms with van der Waals surface area (Å²) in [6.45, 7) is 4.13. The molecule has 2 aliphatic heterocycles. The SMILES string of the molecule is CCCCOc1ccc([C@@H]2CC(=O)Nc3cc(N4CCNC4=O)ccc32)cc1. The summed E-state index contributed by atoms with van der Waals surface area (Å²) in [7, 11) is 0. The van der Waals surface area contributed by atoms with Crippen molar-refractivity contribution in [3.05, 3.63) is 53.6 Å². The molecule has 1 saturated heterocycles. The van der Waals surface area contributed by atoms with Gasteiger partial charge in [-0.15, -0.1) is 0 Å². The summed E-state index contributed by atoms with van der Waals surface area (Å²) in [5, 5.41) is 5.76. The molecule has 6 heteroatoms. The van der Waals surface area contributed by atoms with Crippen LogP contribution in [-0.2, 0) is 4.79 Å². The van der Waals surface area contributed by atoms with E-state index in [1.807, 2.05) is 42.5 Å². The molecular formula is C22H25N3O3. The number of fused-ring (bicyclic) bond motifs is 1. The molecule has 2 aromatic carbocycles. The standard InChI is InChI=1S/C22H25N3O3/c1-2-3-12-28-17-7-4-15(5-8-17)19-14-21(26)24-20-13-16(6-9-18(19)20)25-11-10-23-22(25)27/h4-9,13,19H,2-3,10-12,14H2,1H3,(H,23,27)(H,24,26)/t19-/m0/s1. The van der Waals surface area contributed by atoms with Gasteiger partial charge in [0.1, 0.15) is 5.75 Å². The van der Waals surface area contributed by atoms with E-state index in [1.54, 1.807) is 4.90 Å². The summed E-state index contributed by atoms with van der Waals surface area (Å²) in [6, 6.07) is 13.8. The van der Waals surface area contributed by atoms with E-state index in [0.29, 0.717) is 19.5 Å². The Morgan fingerprint density at radius 3 is 2.68 bits per heavy atom. The number of anilines is 2. The molecular weight excluding hydrogens is 354 g/mol. The second-order valence-corrected chi connectivity index (χ2v) is 7.23. The molecule has 0 aromatic heterocycles. The fourth-order valence-corrected chi connectivity index (χ4v) is 3.77. The monoisotopic (exact) mass is 379 g/mol. The van der Waals surface area contributed by atoms with Crippen molar-refractivity contribution in [3.8, 4) is 5.75 Å². The number of nitrogens with one attached hydrogen (secondary N) is 2. The fraction of sp³-hybridized carbons (Fsp3) is 0.364. The predicted molar refractivity (Wildman–Crippen MR) is 109 cm³/mol. The van der Waals surface area contributed by atoms with Crippen LogP contribution in [0.5, 0.6) is 5.75 Å². The topological polar surface area (TPSA) is 70.7 Å². The van der Waals surface area contributed by atoms with Crippen LogP contribution in [0.2, 0.25) is 0 Å². The average molecular weight is 379 g/mol. The number of hydrogen-bond donors (Lipinski definition) is 2. The smallest absolute Gasteiger partial charge is 0.321 e. The van der Waals surface area contributed by atoms with Crippen molar-refractivity contribution in [3.63, 3.8) is 0 Å². The van der Waals surface area contributed by atoms with Crippen LogP contribution in [-0.4, -0.2) is 31.6 Å². The van der Waals surface area contributed by atoms with E-state index in [2.05, 4.69) is 17.6 Å². The number of amides is 3. The van der Waals surface area contributed by atoms with Gasteiger partial charge in [0.15, 0.2) is 0 Å². The number of unbranched alkanes of at least 4 members (excludes halogenated alkanes) is 1. The third-order valence-corrected chi connectivity index (χ3v) is 5.29. The van der Waals surface area contributed by atoms with Crippen molar-refractivity contribution in [1.82, 2.24) is 5.32 Å². The quantitative estimate of drug-likeness (QED) is 0.749. The highest BCUT2D eigenvalue weighted by molar-refractivity contribution is 5.98. The van der Waals surface area contributed by atoms with E-state index >= 15 is 0 Å². The maximum Gasteiger partial charge on any atom is 0.321 e. The number of carbonyl (C=O) groups excluding carboxylic acids is 2. The molecule has 2 aromatic rings. The number of nitrogens with zero attached hydrogens (tertiary/aromatic N) is 1. The summed E-state index contributed by atoms with van der Waals surface area (Å²) in [5.41, 5.74) is 3.74. The first kappa shape index (κ1) is 18.3. The molecule has 0 radical (unpaired) electrons. The number of ether oxygens (including phenoxy) is 1. The Balaban J connectivity index is 1.58. The zero-order valence-corrected chi connectivity index (χ0v) is 16.0. The van der Waals surface area contributed by atoms with Crippen molar-refractivity contribution in [1.29, 1.82) is 0 Å². The van der Waals surface area contributed by atoms with Crippen molar-refractivity contribution in [2.24, 2.45) is 0 Å². The highest BCUT2D eigenvalue weighted by Gasteiger charge is 2.28. The lowest BCUT2D eigenvalue weighted by Crippen LogP contribution is -2.28. The van der Waals surface area contributed by atoms with Crippen molar-refractivity contribution < 1.29 is 14.3 Å². The number of hydrogen-bond acceptors (Lipinski definition) is 3. The van der Waals surface area contributed by atoms with E-state index < -0.39 is 0 Å². The minimum absolute atomic E-state index is 0.00473. The molecule has 2 heterocycles. The fourth-order valence-electron chi connectivity index (χ4n) is 3.77. The van der Waals surface area contributed by atoms with Crippen LogP contribution in [0.1, 0.15) is 43.2 Å². The zero-order chi connectivity index (χ0) is 19.5. The predicted octanol–water partition coefficient (Wildman–Crippen LogP) is 3.87. The van der Waals surface area contributed by atoms with Crippen LogP contribution in [0, 0.1) is 0 Å². The Bertz CT molecular complexity index is 879. The van der Waals surface area contributed by atoms with Gasteiger partial charge in [0.05, 0.1) is 6.61 Å². The Labute approximate surface area is 164 Å². The van der Waals surface area contributed by atoms with E-state index in [1.165, 1.54) is 0 Å². The second kappa shape index (κ2) is 7.92. The number of urea groups is 1. The van der Waals surface area contributed by atoms with E-state index in [4.69, 9.17) is 4.74 Å². The van der Waals surface area contributed by atoms with Gasteiger partial charge in [-0.1, -0.05) is 31.5 Å². The van der Waals surface area contributed by atoms with Crippen LogP contribution < -0.4 is 20.3 Å². The van der Waals surface area contributed by atoms with Crippen molar-refractivity contribution >= 4 is 23.3 Å². The summed E-state index contributed by atoms with van der Waals surface area (Å²) in [5.74, 6) is 0.840. The molecule has 0 unspecified atom stereocenters. The molecule has 146 valence electrons. The third kappa shape index (κ3) is 3.67. The van der Waals surface area contributed by atoms with Crippen LogP contribution in [0.4, 0.5) is 16.2 Å². The van der Waals surface area contributed by atoms with Crippen LogP contribution >= 0.6 is 0 Å².